The van der Waals surface area contributed by atoms with Crippen LogP contribution in [0.2, 0.25) is 0 Å². The maximum atomic E-state index is 13.9. The molecule has 2 rings (SSSR count). The Labute approximate surface area is 104 Å². The summed E-state index contributed by atoms with van der Waals surface area (Å²) >= 11 is 0. The SMILES string of the molecule is COc1cc(O)c(F)c(-c2cc(C(=O)O)no2)c1F. The van der Waals surface area contributed by atoms with E-state index < -0.39 is 46.1 Å². The number of carbonyl (C=O) groups is 1. The van der Waals surface area contributed by atoms with E-state index in [4.69, 9.17) is 5.11 Å². The van der Waals surface area contributed by atoms with Gasteiger partial charge in [-0.25, -0.2) is 13.6 Å². The molecule has 0 bridgehead atoms. The molecule has 0 saturated carbocycles. The topological polar surface area (TPSA) is 92.8 Å². The molecule has 0 aliphatic rings. The maximum Gasteiger partial charge on any atom is 0.358 e. The van der Waals surface area contributed by atoms with Gasteiger partial charge in [-0.3, -0.25) is 0 Å². The lowest BCUT2D eigenvalue weighted by Gasteiger charge is -2.07. The number of aromatic hydroxyl groups is 1. The lowest BCUT2D eigenvalue weighted by atomic mass is 10.1. The minimum Gasteiger partial charge on any atom is -0.505 e. The maximum absolute atomic E-state index is 13.9. The zero-order chi connectivity index (χ0) is 14.2. The number of halogens is 2. The summed E-state index contributed by atoms with van der Waals surface area (Å²) in [4.78, 5) is 10.6. The molecule has 0 unspecified atom stereocenters. The van der Waals surface area contributed by atoms with E-state index in [9.17, 15) is 18.7 Å². The second-order valence-corrected chi connectivity index (χ2v) is 3.48. The number of ether oxygens (including phenoxy) is 1. The van der Waals surface area contributed by atoms with E-state index in [0.29, 0.717) is 0 Å². The first-order valence-electron chi connectivity index (χ1n) is 4.91. The van der Waals surface area contributed by atoms with Crippen LogP contribution in [0.25, 0.3) is 11.3 Å². The van der Waals surface area contributed by atoms with E-state index in [2.05, 4.69) is 14.4 Å². The van der Waals surface area contributed by atoms with E-state index in [-0.39, 0.29) is 0 Å². The molecule has 2 aromatic rings. The first-order chi connectivity index (χ1) is 8.95. The van der Waals surface area contributed by atoms with Crippen LogP contribution < -0.4 is 4.74 Å². The quantitative estimate of drug-likeness (QED) is 0.887. The van der Waals surface area contributed by atoms with Gasteiger partial charge in [-0.2, -0.15) is 0 Å². The van der Waals surface area contributed by atoms with Crippen LogP contribution in [-0.2, 0) is 0 Å². The summed E-state index contributed by atoms with van der Waals surface area (Å²) in [6, 6.07) is 1.59. The zero-order valence-electron chi connectivity index (χ0n) is 9.48. The minimum atomic E-state index is -1.41. The van der Waals surface area contributed by atoms with Gasteiger partial charge in [0, 0.05) is 12.1 Å². The second-order valence-electron chi connectivity index (χ2n) is 3.48. The molecule has 0 amide bonds. The van der Waals surface area contributed by atoms with Crippen molar-refractivity contribution in [2.24, 2.45) is 0 Å². The summed E-state index contributed by atoms with van der Waals surface area (Å²) in [5.41, 5.74) is -1.27. The molecule has 100 valence electrons. The Morgan fingerprint density at radius 1 is 1.37 bits per heavy atom. The van der Waals surface area contributed by atoms with Gasteiger partial charge < -0.3 is 19.5 Å². The van der Waals surface area contributed by atoms with Crippen LogP contribution in [0.5, 0.6) is 11.5 Å². The Morgan fingerprint density at radius 2 is 2.05 bits per heavy atom. The smallest absolute Gasteiger partial charge is 0.358 e. The fraction of sp³-hybridized carbons (Fsp3) is 0.0909. The molecule has 0 spiro atoms. The molecule has 0 atom stereocenters. The van der Waals surface area contributed by atoms with Crippen molar-refractivity contribution in [3.8, 4) is 22.8 Å². The summed E-state index contributed by atoms with van der Waals surface area (Å²) < 4.78 is 36.8. The number of carboxylic acid groups (broad SMARTS) is 1. The van der Waals surface area contributed by atoms with Gasteiger partial charge in [-0.15, -0.1) is 0 Å². The average Bonchev–Trinajstić information content (AvgIpc) is 2.83. The van der Waals surface area contributed by atoms with Crippen LogP contribution in [0, 0.1) is 11.6 Å². The van der Waals surface area contributed by atoms with Gasteiger partial charge in [-0.05, 0) is 0 Å². The van der Waals surface area contributed by atoms with Gasteiger partial charge in [0.25, 0.3) is 0 Å². The Balaban J connectivity index is 2.66. The summed E-state index contributed by atoms with van der Waals surface area (Å²) in [6.45, 7) is 0. The van der Waals surface area contributed by atoms with Crippen molar-refractivity contribution in [3.05, 3.63) is 29.5 Å². The summed E-state index contributed by atoms with van der Waals surface area (Å²) in [5.74, 6) is -5.59. The van der Waals surface area contributed by atoms with Gasteiger partial charge in [-0.1, -0.05) is 5.16 Å². The molecule has 0 aliphatic carbocycles. The van der Waals surface area contributed by atoms with Crippen molar-refractivity contribution in [2.45, 2.75) is 0 Å². The molecule has 8 heteroatoms. The Bertz CT molecular complexity index is 653. The van der Waals surface area contributed by atoms with Gasteiger partial charge in [0.05, 0.1) is 12.7 Å². The van der Waals surface area contributed by atoms with E-state index in [1.54, 1.807) is 0 Å². The third-order valence-corrected chi connectivity index (χ3v) is 2.34. The molecule has 6 nitrogen and oxygen atoms in total. The van der Waals surface area contributed by atoms with E-state index >= 15 is 0 Å². The number of nitrogens with zero attached hydrogens (tertiary/aromatic N) is 1. The number of aromatic carboxylic acids is 1. The molecular weight excluding hydrogens is 264 g/mol. The summed E-state index contributed by atoms with van der Waals surface area (Å²) in [7, 11) is 1.13. The molecule has 1 heterocycles. The number of benzene rings is 1. The lowest BCUT2D eigenvalue weighted by molar-refractivity contribution is 0.0686. The number of aromatic nitrogens is 1. The molecule has 0 aliphatic heterocycles. The average molecular weight is 271 g/mol. The monoisotopic (exact) mass is 271 g/mol. The van der Waals surface area contributed by atoms with Crippen molar-refractivity contribution in [1.82, 2.24) is 5.16 Å². The molecule has 0 fully saturated rings. The van der Waals surface area contributed by atoms with E-state index in [1.165, 1.54) is 0 Å². The molecule has 0 radical (unpaired) electrons. The lowest BCUT2D eigenvalue weighted by Crippen LogP contribution is -1.96. The van der Waals surface area contributed by atoms with Crippen molar-refractivity contribution < 1.29 is 33.0 Å². The summed E-state index contributed by atoms with van der Waals surface area (Å²) in [5, 5.41) is 21.1. The highest BCUT2D eigenvalue weighted by Gasteiger charge is 2.24. The summed E-state index contributed by atoms with van der Waals surface area (Å²) in [6.07, 6.45) is 0. The number of rotatable bonds is 3. The fourth-order valence-electron chi connectivity index (χ4n) is 1.46. The fourth-order valence-corrected chi connectivity index (χ4v) is 1.46. The van der Waals surface area contributed by atoms with Crippen LogP contribution in [0.1, 0.15) is 10.5 Å². The van der Waals surface area contributed by atoms with Crippen molar-refractivity contribution in [2.75, 3.05) is 7.11 Å². The third-order valence-electron chi connectivity index (χ3n) is 2.34. The van der Waals surface area contributed by atoms with Crippen LogP contribution in [-0.4, -0.2) is 28.4 Å². The predicted octanol–water partition coefficient (Wildman–Crippen LogP) is 2.03. The first-order valence-corrected chi connectivity index (χ1v) is 4.91. The Morgan fingerprint density at radius 3 is 2.58 bits per heavy atom. The predicted molar refractivity (Wildman–Crippen MR) is 57.0 cm³/mol. The van der Waals surface area contributed by atoms with Crippen molar-refractivity contribution >= 4 is 5.97 Å². The number of phenols is 1. The van der Waals surface area contributed by atoms with E-state index in [1.807, 2.05) is 0 Å². The van der Waals surface area contributed by atoms with Gasteiger partial charge in [0.2, 0.25) is 0 Å². The standard InChI is InChI=1S/C11H7F2NO5/c1-18-7-3-5(15)9(12)8(10(7)13)6-2-4(11(16)17)14-19-6/h2-3,15H,1H3,(H,16,17). The van der Waals surface area contributed by atoms with Gasteiger partial charge in [0.15, 0.2) is 34.6 Å². The largest absolute Gasteiger partial charge is 0.505 e. The van der Waals surface area contributed by atoms with Gasteiger partial charge >= 0.3 is 5.97 Å². The number of hydrogen-bond donors (Lipinski definition) is 2. The highest BCUT2D eigenvalue weighted by atomic mass is 19.1. The molecule has 1 aromatic carbocycles. The minimum absolute atomic E-state index is 0.415. The van der Waals surface area contributed by atoms with Gasteiger partial charge in [0.1, 0.15) is 0 Å². The first kappa shape index (κ1) is 12.8. The molecule has 2 N–H and O–H groups in total. The Hall–Kier alpha value is -2.64. The van der Waals surface area contributed by atoms with Crippen molar-refractivity contribution in [3.63, 3.8) is 0 Å². The van der Waals surface area contributed by atoms with Crippen LogP contribution in [0.15, 0.2) is 16.7 Å². The number of phenolic OH excluding ortho intramolecular Hbond substituents is 1. The number of carboxylic acids is 1. The van der Waals surface area contributed by atoms with E-state index in [0.717, 1.165) is 19.2 Å². The van der Waals surface area contributed by atoms with Crippen LogP contribution >= 0.6 is 0 Å². The highest BCUT2D eigenvalue weighted by molar-refractivity contribution is 5.86. The molecule has 1 aromatic heterocycles. The number of hydrogen-bond acceptors (Lipinski definition) is 5. The Kier molecular flexibility index (Phi) is 3.07. The molecule has 19 heavy (non-hydrogen) atoms. The van der Waals surface area contributed by atoms with Crippen LogP contribution in [0.3, 0.4) is 0 Å². The van der Waals surface area contributed by atoms with Crippen LogP contribution in [0.4, 0.5) is 8.78 Å². The molecular formula is C11H7F2NO5. The third kappa shape index (κ3) is 2.07. The molecule has 0 saturated heterocycles. The normalized spacial score (nSPS) is 10.5. The highest BCUT2D eigenvalue weighted by Crippen LogP contribution is 2.37. The number of methoxy groups -OCH3 is 1. The van der Waals surface area contributed by atoms with Crippen molar-refractivity contribution in [1.29, 1.82) is 0 Å². The zero-order valence-corrected chi connectivity index (χ0v) is 9.48. The second kappa shape index (κ2) is 4.56.